The average Bonchev–Trinajstić information content (AvgIpc) is 3.47. The number of benzene rings is 1. The predicted octanol–water partition coefficient (Wildman–Crippen LogP) is 3.78. The fourth-order valence-electron chi connectivity index (χ4n) is 4.50. The van der Waals surface area contributed by atoms with Crippen LogP contribution >= 0.6 is 11.6 Å². The van der Waals surface area contributed by atoms with Crippen LogP contribution in [0.2, 0.25) is 5.02 Å². The third-order valence-corrected chi connectivity index (χ3v) is 6.36. The van der Waals surface area contributed by atoms with Crippen molar-refractivity contribution in [3.8, 4) is 11.5 Å². The van der Waals surface area contributed by atoms with E-state index in [-0.39, 0.29) is 24.1 Å². The number of nitrogens with one attached hydrogen (secondary N) is 1. The van der Waals surface area contributed by atoms with Crippen LogP contribution < -0.4 is 10.9 Å². The van der Waals surface area contributed by atoms with E-state index in [4.69, 9.17) is 16.7 Å². The maximum atomic E-state index is 13.6. The summed E-state index contributed by atoms with van der Waals surface area (Å²) >= 11 is 6.07. The van der Waals surface area contributed by atoms with Crippen LogP contribution in [0.25, 0.3) is 22.4 Å². The molecular weight excluding hydrogens is 440 g/mol. The van der Waals surface area contributed by atoms with E-state index in [2.05, 4.69) is 10.4 Å². The van der Waals surface area contributed by atoms with Crippen molar-refractivity contribution in [2.75, 3.05) is 0 Å². The van der Waals surface area contributed by atoms with Crippen LogP contribution in [0, 0.1) is 6.92 Å². The Morgan fingerprint density at radius 2 is 1.79 bits per heavy atom. The van der Waals surface area contributed by atoms with Crippen molar-refractivity contribution in [1.82, 2.24) is 29.4 Å². The van der Waals surface area contributed by atoms with E-state index in [0.717, 1.165) is 31.4 Å². The molecule has 0 unspecified atom stereocenters. The smallest absolute Gasteiger partial charge is 0.280 e. The van der Waals surface area contributed by atoms with Gasteiger partial charge in [0, 0.05) is 23.5 Å². The second-order valence-corrected chi connectivity index (χ2v) is 8.91. The molecule has 1 aliphatic rings. The second-order valence-electron chi connectivity index (χ2n) is 8.48. The first-order valence-electron chi connectivity index (χ1n) is 11.2. The number of hydrogen-bond donors (Lipinski definition) is 1. The van der Waals surface area contributed by atoms with Crippen molar-refractivity contribution in [2.24, 2.45) is 0 Å². The quantitative estimate of drug-likeness (QED) is 0.487. The van der Waals surface area contributed by atoms with Gasteiger partial charge < -0.3 is 9.88 Å². The Bertz CT molecular complexity index is 1350. The number of rotatable bonds is 5. The lowest BCUT2D eigenvalue weighted by Gasteiger charge is -2.22. The summed E-state index contributed by atoms with van der Waals surface area (Å²) in [5, 5.41) is 13.2. The maximum absolute atomic E-state index is 13.6. The highest BCUT2D eigenvalue weighted by atomic mass is 35.5. The lowest BCUT2D eigenvalue weighted by molar-refractivity contribution is -0.122. The molecule has 0 atom stereocenters. The highest BCUT2D eigenvalue weighted by molar-refractivity contribution is 6.30. The van der Waals surface area contributed by atoms with Crippen molar-refractivity contribution in [3.05, 3.63) is 69.9 Å². The summed E-state index contributed by atoms with van der Waals surface area (Å²) in [7, 11) is 0. The van der Waals surface area contributed by atoms with Crippen molar-refractivity contribution in [1.29, 1.82) is 0 Å². The van der Waals surface area contributed by atoms with Crippen LogP contribution in [0.1, 0.15) is 37.8 Å². The first-order valence-corrected chi connectivity index (χ1v) is 11.6. The topological polar surface area (TPSA) is 86.7 Å². The van der Waals surface area contributed by atoms with E-state index < -0.39 is 0 Å². The summed E-state index contributed by atoms with van der Waals surface area (Å²) < 4.78 is 4.80. The Morgan fingerprint density at radius 3 is 2.48 bits per heavy atom. The van der Waals surface area contributed by atoms with Crippen LogP contribution in [-0.2, 0) is 11.3 Å². The Morgan fingerprint density at radius 1 is 1.09 bits per heavy atom. The van der Waals surface area contributed by atoms with E-state index in [1.165, 1.54) is 11.1 Å². The molecule has 1 saturated carbocycles. The van der Waals surface area contributed by atoms with Crippen LogP contribution in [0.4, 0.5) is 0 Å². The number of hydrogen-bond acceptors (Lipinski definition) is 4. The molecule has 1 N–H and O–H groups in total. The number of carbonyl (C=O) groups is 1. The molecule has 0 aliphatic heterocycles. The molecule has 1 fully saturated rings. The van der Waals surface area contributed by atoms with Crippen molar-refractivity contribution in [3.63, 3.8) is 0 Å². The Hall–Kier alpha value is -3.39. The van der Waals surface area contributed by atoms with Gasteiger partial charge in [-0.15, -0.1) is 0 Å². The van der Waals surface area contributed by atoms with Gasteiger partial charge in [0.25, 0.3) is 5.56 Å². The molecule has 3 aromatic heterocycles. The van der Waals surface area contributed by atoms with Gasteiger partial charge in [0.1, 0.15) is 17.4 Å². The minimum Gasteiger partial charge on any atom is -0.352 e. The molecule has 8 nitrogen and oxygen atoms in total. The van der Waals surface area contributed by atoms with E-state index >= 15 is 0 Å². The minimum atomic E-state index is -0.349. The van der Waals surface area contributed by atoms with Crippen LogP contribution in [0.15, 0.2) is 53.6 Å². The van der Waals surface area contributed by atoms with Gasteiger partial charge in [-0.05, 0) is 56.2 Å². The third kappa shape index (κ3) is 4.18. The monoisotopic (exact) mass is 464 g/mol. The zero-order valence-electron chi connectivity index (χ0n) is 18.4. The summed E-state index contributed by atoms with van der Waals surface area (Å²) in [6, 6.07) is 11.2. The van der Waals surface area contributed by atoms with Crippen LogP contribution in [0.3, 0.4) is 0 Å². The van der Waals surface area contributed by atoms with Gasteiger partial charge in [-0.1, -0.05) is 30.9 Å². The molecule has 1 aliphatic carbocycles. The third-order valence-electron chi connectivity index (χ3n) is 6.11. The molecule has 4 aromatic rings. The molecule has 1 aromatic carbocycles. The molecule has 0 radical (unpaired) electrons. The van der Waals surface area contributed by atoms with Gasteiger partial charge in [0.2, 0.25) is 5.91 Å². The maximum Gasteiger partial charge on any atom is 0.280 e. The molecule has 170 valence electrons. The average molecular weight is 465 g/mol. The number of nitrogens with zero attached hydrogens (tertiary/aromatic N) is 5. The van der Waals surface area contributed by atoms with Crippen molar-refractivity contribution < 1.29 is 4.79 Å². The van der Waals surface area contributed by atoms with Gasteiger partial charge in [0.15, 0.2) is 5.82 Å². The van der Waals surface area contributed by atoms with Crippen LogP contribution in [0.5, 0.6) is 0 Å². The molecule has 9 heteroatoms. The molecule has 0 spiro atoms. The molecule has 5 rings (SSSR count). The normalized spacial score (nSPS) is 14.6. The van der Waals surface area contributed by atoms with E-state index in [0.29, 0.717) is 27.4 Å². The van der Waals surface area contributed by atoms with Crippen molar-refractivity contribution >= 4 is 28.4 Å². The Labute approximate surface area is 195 Å². The molecule has 3 heterocycles. The Kier molecular flexibility index (Phi) is 5.76. The first-order chi connectivity index (χ1) is 16.0. The zero-order valence-corrected chi connectivity index (χ0v) is 19.1. The lowest BCUT2D eigenvalue weighted by atomic mass is 9.95. The number of fused-ring (bicyclic) bond motifs is 1. The summed E-state index contributed by atoms with van der Waals surface area (Å²) in [5.74, 6) is 0.400. The number of aryl methyl sites for hydroxylation is 1. The van der Waals surface area contributed by atoms with E-state index in [1.54, 1.807) is 23.7 Å². The highest BCUT2D eigenvalue weighted by Gasteiger charge is 2.23. The molecule has 0 saturated heterocycles. The lowest BCUT2D eigenvalue weighted by Crippen LogP contribution is -2.40. The van der Waals surface area contributed by atoms with Gasteiger partial charge in [-0.3, -0.25) is 9.59 Å². The molecule has 1 amide bonds. The predicted molar refractivity (Wildman–Crippen MR) is 127 cm³/mol. The van der Waals surface area contributed by atoms with Gasteiger partial charge in [0.05, 0.1) is 11.4 Å². The summed E-state index contributed by atoms with van der Waals surface area (Å²) in [5.41, 5.74) is 1.50. The largest absolute Gasteiger partial charge is 0.352 e. The van der Waals surface area contributed by atoms with Crippen molar-refractivity contribution in [2.45, 2.75) is 51.6 Å². The summed E-state index contributed by atoms with van der Waals surface area (Å²) in [6.07, 6.45) is 9.14. The standard InChI is InChI=1S/C24H25ClN6O2/c1-16-22-21(24(33)30(27-16)15-20(32)26-18-7-3-2-4-8-18)23(29-13-5-6-14-29)31(28-22)19-11-9-17(25)10-12-19/h5-6,9-14,18H,2-4,7-8,15H2,1H3,(H,26,32). The van der Waals surface area contributed by atoms with Crippen LogP contribution in [-0.4, -0.2) is 36.1 Å². The SMILES string of the molecule is Cc1nn(CC(=O)NC2CCCCC2)c(=O)c2c(-n3cccc3)n(-c3ccc(Cl)cc3)nc12. The molecule has 33 heavy (non-hydrogen) atoms. The fraction of sp³-hybridized carbons (Fsp3) is 0.333. The minimum absolute atomic E-state index is 0.122. The fourth-order valence-corrected chi connectivity index (χ4v) is 4.63. The second kappa shape index (κ2) is 8.86. The van der Waals surface area contributed by atoms with E-state index in [9.17, 15) is 9.59 Å². The Balaban J connectivity index is 1.60. The highest BCUT2D eigenvalue weighted by Crippen LogP contribution is 2.25. The van der Waals surface area contributed by atoms with Gasteiger partial charge in [-0.2, -0.15) is 10.2 Å². The molecular formula is C24H25ClN6O2. The first kappa shape index (κ1) is 21.5. The number of aromatic nitrogens is 5. The number of amides is 1. The zero-order chi connectivity index (χ0) is 22.9. The number of halogens is 1. The summed E-state index contributed by atoms with van der Waals surface area (Å²) in [4.78, 5) is 26.3. The van der Waals surface area contributed by atoms with Gasteiger partial charge >= 0.3 is 0 Å². The number of carbonyl (C=O) groups excluding carboxylic acids is 1. The van der Waals surface area contributed by atoms with E-state index in [1.807, 2.05) is 41.2 Å². The molecule has 0 bridgehead atoms. The van der Waals surface area contributed by atoms with Gasteiger partial charge in [-0.25, -0.2) is 9.36 Å². The summed E-state index contributed by atoms with van der Waals surface area (Å²) in [6.45, 7) is 1.68.